The fraction of sp³-hybridized carbons (Fsp3) is 0.973. The molecule has 3 atom stereocenters. The molecule has 5 N–H and O–H groups in total. The Hall–Kier alpha value is -0.500. The predicted octanol–water partition coefficient (Wildman–Crippen LogP) is 10.3. The van der Waals surface area contributed by atoms with Gasteiger partial charge in [-0.15, -0.1) is 0 Å². The van der Waals surface area contributed by atoms with Crippen LogP contribution in [0.25, 0.3) is 0 Å². The summed E-state index contributed by atoms with van der Waals surface area (Å²) >= 11 is 0. The molecule has 0 fully saturated rings. The van der Waals surface area contributed by atoms with E-state index in [-0.39, 0.29) is 25.7 Å². The number of aliphatic hydroxyl groups is 1. The van der Waals surface area contributed by atoms with Crippen LogP contribution in [0.3, 0.4) is 0 Å². The first-order valence-electron chi connectivity index (χ1n) is 19.7. The number of nitrogens with two attached hydrogens (primary N) is 1. The van der Waals surface area contributed by atoms with Crippen LogP contribution in [0.4, 0.5) is 0 Å². The highest BCUT2D eigenvalue weighted by molar-refractivity contribution is 7.47. The van der Waals surface area contributed by atoms with Crippen molar-refractivity contribution in [2.24, 2.45) is 5.73 Å². The Bertz CT molecular complexity index is 699. The lowest BCUT2D eigenvalue weighted by atomic mass is 10.0. The molecular weight excluding hydrogens is 599 g/mol. The zero-order chi connectivity index (χ0) is 34.0. The van der Waals surface area contributed by atoms with E-state index in [1.165, 1.54) is 135 Å². The van der Waals surface area contributed by atoms with E-state index >= 15 is 0 Å². The van der Waals surface area contributed by atoms with Gasteiger partial charge < -0.3 is 21.1 Å². The third-order valence-electron chi connectivity index (χ3n) is 8.96. The topological polar surface area (TPSA) is 131 Å². The van der Waals surface area contributed by atoms with Gasteiger partial charge in [0.15, 0.2) is 0 Å². The van der Waals surface area contributed by atoms with E-state index in [1.54, 1.807) is 0 Å². The molecule has 0 aliphatic carbocycles. The second-order valence-electron chi connectivity index (χ2n) is 13.5. The van der Waals surface area contributed by atoms with Gasteiger partial charge in [-0.25, -0.2) is 4.57 Å². The number of hydrogen-bond acceptors (Lipinski definition) is 6. The molecule has 0 aliphatic heterocycles. The number of phosphoric acid groups is 1. The predicted molar refractivity (Wildman–Crippen MR) is 194 cm³/mol. The van der Waals surface area contributed by atoms with Crippen molar-refractivity contribution in [2.45, 2.75) is 212 Å². The molecule has 0 saturated heterocycles. The van der Waals surface area contributed by atoms with Crippen LogP contribution >= 0.6 is 7.82 Å². The van der Waals surface area contributed by atoms with Crippen LogP contribution < -0.4 is 11.1 Å². The minimum absolute atomic E-state index is 0.0921. The minimum atomic E-state index is -4.30. The lowest BCUT2D eigenvalue weighted by molar-refractivity contribution is -0.123. The van der Waals surface area contributed by atoms with Gasteiger partial charge in [-0.1, -0.05) is 181 Å². The summed E-state index contributed by atoms with van der Waals surface area (Å²) in [7, 11) is -4.30. The number of carbonyl (C=O) groups excluding carboxylic acids is 1. The zero-order valence-electron chi connectivity index (χ0n) is 30.3. The molecule has 9 heteroatoms. The molecule has 0 heterocycles. The minimum Gasteiger partial charge on any atom is -0.391 e. The molecule has 0 bridgehead atoms. The highest BCUT2D eigenvalue weighted by Gasteiger charge is 2.27. The van der Waals surface area contributed by atoms with Crippen LogP contribution in [0.5, 0.6) is 0 Å². The largest absolute Gasteiger partial charge is 0.472 e. The Balaban J connectivity index is 4.16. The quantitative estimate of drug-likeness (QED) is 0.0380. The first-order valence-corrected chi connectivity index (χ1v) is 21.1. The molecule has 46 heavy (non-hydrogen) atoms. The maximum atomic E-state index is 12.7. The molecule has 0 aromatic carbocycles. The number of phosphoric ester groups is 1. The first-order chi connectivity index (χ1) is 22.4. The molecular formula is C37H77N2O6P. The Morgan fingerprint density at radius 3 is 1.39 bits per heavy atom. The zero-order valence-corrected chi connectivity index (χ0v) is 31.2. The van der Waals surface area contributed by atoms with Gasteiger partial charge in [-0.3, -0.25) is 13.8 Å². The Kier molecular flexibility index (Phi) is 34.0. The molecule has 0 rings (SSSR count). The summed E-state index contributed by atoms with van der Waals surface area (Å²) < 4.78 is 22.1. The van der Waals surface area contributed by atoms with Crippen LogP contribution in [0.1, 0.15) is 200 Å². The van der Waals surface area contributed by atoms with Crippen molar-refractivity contribution in [2.75, 3.05) is 19.8 Å². The first kappa shape index (κ1) is 45.5. The number of amides is 1. The smallest absolute Gasteiger partial charge is 0.391 e. The Labute approximate surface area is 284 Å². The number of aliphatic hydroxyl groups excluding tert-OH is 1. The average Bonchev–Trinajstić information content (AvgIpc) is 3.04. The van der Waals surface area contributed by atoms with Crippen molar-refractivity contribution in [3.63, 3.8) is 0 Å². The molecule has 0 aromatic heterocycles. The van der Waals surface area contributed by atoms with Crippen molar-refractivity contribution in [3.8, 4) is 0 Å². The van der Waals surface area contributed by atoms with Gasteiger partial charge >= 0.3 is 7.82 Å². The molecule has 0 aromatic rings. The standard InChI is InChI=1S/C37H77N2O6P/c1-3-5-7-9-11-13-15-16-17-18-19-20-21-22-24-26-28-30-36(40)35(34-45-46(42,43)44-33-32-38)39-37(41)31-29-27-25-23-14-12-10-8-6-4-2/h35-36,40H,3-34,38H2,1-2H3,(H,39,41)(H,42,43)/t35-,36+/m0/s1. The fourth-order valence-electron chi connectivity index (χ4n) is 5.96. The highest BCUT2D eigenvalue weighted by Crippen LogP contribution is 2.43. The second-order valence-corrected chi connectivity index (χ2v) is 15.0. The molecule has 0 spiro atoms. The van der Waals surface area contributed by atoms with Crippen molar-refractivity contribution >= 4 is 13.7 Å². The number of carbonyl (C=O) groups is 1. The summed E-state index contributed by atoms with van der Waals surface area (Å²) in [4.78, 5) is 22.6. The number of nitrogens with one attached hydrogen (secondary N) is 1. The third-order valence-corrected chi connectivity index (χ3v) is 9.95. The molecule has 0 radical (unpaired) electrons. The molecule has 1 unspecified atom stereocenters. The summed E-state index contributed by atoms with van der Waals surface area (Å²) in [6.07, 6.45) is 33.9. The van der Waals surface area contributed by atoms with Crippen molar-refractivity contribution < 1.29 is 28.4 Å². The summed E-state index contributed by atoms with van der Waals surface area (Å²) in [6, 6.07) is -0.765. The van der Waals surface area contributed by atoms with E-state index in [1.807, 2.05) is 0 Å². The van der Waals surface area contributed by atoms with E-state index in [9.17, 15) is 19.4 Å². The average molecular weight is 677 g/mol. The lowest BCUT2D eigenvalue weighted by Gasteiger charge is -2.25. The second kappa shape index (κ2) is 34.4. The van der Waals surface area contributed by atoms with Crippen LogP contribution in [0.15, 0.2) is 0 Å². The molecule has 276 valence electrons. The SMILES string of the molecule is CCCCCCCCCCCCCCCCCCC[C@@H](O)[C@H](COP(=O)(O)OCCN)NC(=O)CCCCCCCCCCCC. The summed E-state index contributed by atoms with van der Waals surface area (Å²) in [5.74, 6) is -0.162. The Morgan fingerprint density at radius 2 is 1.00 bits per heavy atom. The van der Waals surface area contributed by atoms with E-state index in [4.69, 9.17) is 14.8 Å². The number of rotatable bonds is 37. The lowest BCUT2D eigenvalue weighted by Crippen LogP contribution is -2.46. The van der Waals surface area contributed by atoms with Gasteiger partial charge in [-0.2, -0.15) is 0 Å². The molecule has 1 amide bonds. The number of hydrogen-bond donors (Lipinski definition) is 4. The molecule has 8 nitrogen and oxygen atoms in total. The van der Waals surface area contributed by atoms with Crippen LogP contribution in [-0.4, -0.2) is 47.8 Å². The third kappa shape index (κ3) is 32.1. The summed E-state index contributed by atoms with van der Waals surface area (Å²) in [6.45, 7) is 4.20. The highest BCUT2D eigenvalue weighted by atomic mass is 31.2. The van der Waals surface area contributed by atoms with Gasteiger partial charge in [0, 0.05) is 13.0 Å². The van der Waals surface area contributed by atoms with Gasteiger partial charge in [0.25, 0.3) is 0 Å². The maximum Gasteiger partial charge on any atom is 0.472 e. The fourth-order valence-corrected chi connectivity index (χ4v) is 6.72. The number of unbranched alkanes of at least 4 members (excludes halogenated alkanes) is 25. The maximum absolute atomic E-state index is 12.7. The van der Waals surface area contributed by atoms with E-state index in [2.05, 4.69) is 19.2 Å². The van der Waals surface area contributed by atoms with E-state index in [0.717, 1.165) is 38.5 Å². The van der Waals surface area contributed by atoms with Crippen LogP contribution in [-0.2, 0) is 18.4 Å². The van der Waals surface area contributed by atoms with E-state index in [0.29, 0.717) is 12.8 Å². The van der Waals surface area contributed by atoms with Crippen LogP contribution in [0, 0.1) is 0 Å². The van der Waals surface area contributed by atoms with Crippen LogP contribution in [0.2, 0.25) is 0 Å². The van der Waals surface area contributed by atoms with Gasteiger partial charge in [0.2, 0.25) is 5.91 Å². The molecule has 0 aliphatic rings. The summed E-state index contributed by atoms with van der Waals surface area (Å²) in [5, 5.41) is 13.7. The van der Waals surface area contributed by atoms with Crippen molar-refractivity contribution in [1.82, 2.24) is 5.32 Å². The molecule has 0 saturated carbocycles. The monoisotopic (exact) mass is 677 g/mol. The summed E-state index contributed by atoms with van der Waals surface area (Å²) in [5.41, 5.74) is 5.36. The van der Waals surface area contributed by atoms with Crippen molar-refractivity contribution in [3.05, 3.63) is 0 Å². The van der Waals surface area contributed by atoms with Gasteiger partial charge in [0.05, 0.1) is 25.4 Å². The van der Waals surface area contributed by atoms with Gasteiger partial charge in [-0.05, 0) is 12.8 Å². The van der Waals surface area contributed by atoms with Crippen molar-refractivity contribution in [1.29, 1.82) is 0 Å². The Morgan fingerprint density at radius 1 is 0.630 bits per heavy atom. The van der Waals surface area contributed by atoms with Gasteiger partial charge in [0.1, 0.15) is 0 Å². The van der Waals surface area contributed by atoms with E-state index < -0.39 is 20.0 Å². The normalized spacial score (nSPS) is 14.3.